The molecule has 2 heterocycles. The summed E-state index contributed by atoms with van der Waals surface area (Å²) in [7, 11) is -0.854. The van der Waals surface area contributed by atoms with Crippen LogP contribution >= 0.6 is 0 Å². The van der Waals surface area contributed by atoms with E-state index in [1.807, 2.05) is 48.5 Å². The number of carbonyl (C=O) groups is 1. The zero-order valence-corrected chi connectivity index (χ0v) is 24.1. The van der Waals surface area contributed by atoms with E-state index in [4.69, 9.17) is 18.6 Å². The summed E-state index contributed by atoms with van der Waals surface area (Å²) in [6.07, 6.45) is 0.854. The average Bonchev–Trinajstić information content (AvgIpc) is 3.25. The molecule has 2 aliphatic rings. The maximum absolute atomic E-state index is 11.3. The SMILES string of the molecule is CC1(C)OB(c2ccc(N(c3ccc(C=O)cc3)c3ccc(B4OC(C)(C)C(C)(C)O4)cc3)cc2)OC1(C)C. The van der Waals surface area contributed by atoms with Gasteiger partial charge in [-0.25, -0.2) is 0 Å². The molecule has 0 amide bonds. The van der Waals surface area contributed by atoms with E-state index in [0.717, 1.165) is 34.3 Å². The molecule has 3 aromatic carbocycles. The van der Waals surface area contributed by atoms with Crippen molar-refractivity contribution in [2.24, 2.45) is 0 Å². The van der Waals surface area contributed by atoms with Crippen LogP contribution in [0, 0.1) is 0 Å². The molecule has 0 aromatic heterocycles. The number of hydrogen-bond donors (Lipinski definition) is 0. The quantitative estimate of drug-likeness (QED) is 0.310. The highest BCUT2D eigenvalue weighted by atomic mass is 16.7. The first-order chi connectivity index (χ1) is 18.2. The fourth-order valence-corrected chi connectivity index (χ4v) is 4.67. The number of benzene rings is 3. The highest BCUT2D eigenvalue weighted by Gasteiger charge is 2.52. The summed E-state index contributed by atoms with van der Waals surface area (Å²) in [5, 5.41) is 0. The Labute approximate surface area is 232 Å². The fraction of sp³-hybridized carbons (Fsp3) is 0.387. The van der Waals surface area contributed by atoms with Crippen LogP contribution in [0.4, 0.5) is 17.1 Å². The Morgan fingerprint density at radius 3 is 1.08 bits per heavy atom. The van der Waals surface area contributed by atoms with Gasteiger partial charge in [0.2, 0.25) is 0 Å². The molecule has 2 saturated heterocycles. The summed E-state index contributed by atoms with van der Waals surface area (Å²) >= 11 is 0. The first kappa shape index (κ1) is 27.7. The van der Waals surface area contributed by atoms with E-state index in [1.165, 1.54) is 0 Å². The van der Waals surface area contributed by atoms with Gasteiger partial charge in [-0.15, -0.1) is 0 Å². The molecule has 3 aromatic rings. The van der Waals surface area contributed by atoms with Gasteiger partial charge in [0.25, 0.3) is 0 Å². The fourth-order valence-electron chi connectivity index (χ4n) is 4.67. The van der Waals surface area contributed by atoms with E-state index >= 15 is 0 Å². The number of anilines is 3. The molecule has 0 N–H and O–H groups in total. The van der Waals surface area contributed by atoms with Crippen LogP contribution < -0.4 is 15.8 Å². The van der Waals surface area contributed by atoms with Gasteiger partial charge in [0.1, 0.15) is 6.29 Å². The van der Waals surface area contributed by atoms with Crippen LogP contribution in [0.25, 0.3) is 0 Å². The molecule has 0 radical (unpaired) electrons. The van der Waals surface area contributed by atoms with Crippen molar-refractivity contribution in [1.82, 2.24) is 0 Å². The minimum Gasteiger partial charge on any atom is -0.399 e. The van der Waals surface area contributed by atoms with Gasteiger partial charge in [-0.1, -0.05) is 24.3 Å². The van der Waals surface area contributed by atoms with E-state index in [-0.39, 0.29) is 0 Å². The molecule has 0 unspecified atom stereocenters. The molecule has 8 heteroatoms. The summed E-state index contributed by atoms with van der Waals surface area (Å²) in [4.78, 5) is 13.4. The second kappa shape index (κ2) is 9.63. The van der Waals surface area contributed by atoms with Crippen LogP contribution in [0.5, 0.6) is 0 Å². The molecule has 2 aliphatic heterocycles. The molecule has 39 heavy (non-hydrogen) atoms. The summed E-state index contributed by atoms with van der Waals surface area (Å²) in [6, 6.07) is 24.0. The van der Waals surface area contributed by atoms with Gasteiger partial charge < -0.3 is 23.5 Å². The first-order valence-electron chi connectivity index (χ1n) is 13.5. The number of rotatable bonds is 6. The van der Waals surface area contributed by atoms with Gasteiger partial charge in [0.15, 0.2) is 0 Å². The van der Waals surface area contributed by atoms with Crippen molar-refractivity contribution in [3.63, 3.8) is 0 Å². The summed E-state index contributed by atoms with van der Waals surface area (Å²) in [5.74, 6) is 0. The predicted octanol–water partition coefficient (Wildman–Crippen LogP) is 5.57. The Morgan fingerprint density at radius 2 is 0.795 bits per heavy atom. The lowest BCUT2D eigenvalue weighted by molar-refractivity contribution is 0.00578. The Kier molecular flexibility index (Phi) is 6.83. The van der Waals surface area contributed by atoms with Gasteiger partial charge in [-0.3, -0.25) is 4.79 Å². The van der Waals surface area contributed by atoms with E-state index in [1.54, 1.807) is 0 Å². The number of nitrogens with zero attached hydrogens (tertiary/aromatic N) is 1. The summed E-state index contributed by atoms with van der Waals surface area (Å²) < 4.78 is 25.0. The van der Waals surface area contributed by atoms with E-state index in [9.17, 15) is 4.79 Å². The molecule has 0 aliphatic carbocycles. The van der Waals surface area contributed by atoms with Crippen molar-refractivity contribution in [2.75, 3.05) is 4.90 Å². The summed E-state index contributed by atoms with van der Waals surface area (Å²) in [6.45, 7) is 16.4. The lowest BCUT2D eigenvalue weighted by atomic mass is 9.79. The van der Waals surface area contributed by atoms with Crippen molar-refractivity contribution in [2.45, 2.75) is 77.8 Å². The van der Waals surface area contributed by atoms with Gasteiger partial charge >= 0.3 is 14.2 Å². The van der Waals surface area contributed by atoms with Crippen LogP contribution in [-0.4, -0.2) is 42.9 Å². The zero-order valence-electron chi connectivity index (χ0n) is 24.1. The third-order valence-electron chi connectivity index (χ3n) is 8.64. The Bertz CT molecular complexity index is 1220. The summed E-state index contributed by atoms with van der Waals surface area (Å²) in [5.41, 5.74) is 3.83. The molecule has 0 bridgehead atoms. The molecule has 0 spiro atoms. The van der Waals surface area contributed by atoms with Crippen LogP contribution in [0.3, 0.4) is 0 Å². The van der Waals surface area contributed by atoms with E-state index < -0.39 is 36.6 Å². The lowest BCUT2D eigenvalue weighted by Gasteiger charge is -2.32. The molecule has 5 rings (SSSR count). The third-order valence-corrected chi connectivity index (χ3v) is 8.64. The van der Waals surface area contributed by atoms with Crippen LogP contribution in [0.2, 0.25) is 0 Å². The van der Waals surface area contributed by atoms with Crippen molar-refractivity contribution >= 4 is 48.5 Å². The standard InChI is InChI=1S/C31H37B2NO5/c1-28(2)29(3,4)37-32(36-28)23-11-17-26(18-12-23)34(25-15-9-22(21-35)10-16-25)27-19-13-24(14-20-27)33-38-30(5,6)31(7,8)39-33/h9-21H,1-8H3. The van der Waals surface area contributed by atoms with Crippen LogP contribution in [-0.2, 0) is 18.6 Å². The van der Waals surface area contributed by atoms with Crippen molar-refractivity contribution < 1.29 is 23.4 Å². The van der Waals surface area contributed by atoms with Gasteiger partial charge in [0, 0.05) is 22.6 Å². The van der Waals surface area contributed by atoms with Crippen molar-refractivity contribution in [3.8, 4) is 0 Å². The van der Waals surface area contributed by atoms with E-state index in [0.29, 0.717) is 5.56 Å². The molecule has 0 atom stereocenters. The molecule has 202 valence electrons. The number of aldehydes is 1. The minimum atomic E-state index is -0.427. The second-order valence-electron chi connectivity index (χ2n) is 12.4. The van der Waals surface area contributed by atoms with Gasteiger partial charge in [-0.2, -0.15) is 0 Å². The van der Waals surface area contributed by atoms with Crippen molar-refractivity contribution in [3.05, 3.63) is 78.4 Å². The number of carbonyl (C=O) groups excluding carboxylic acids is 1. The Hall–Kier alpha value is -2.90. The average molecular weight is 525 g/mol. The number of hydrogen-bond acceptors (Lipinski definition) is 6. The third kappa shape index (κ3) is 5.07. The monoisotopic (exact) mass is 525 g/mol. The van der Waals surface area contributed by atoms with E-state index in [2.05, 4.69) is 84.6 Å². The highest BCUT2D eigenvalue weighted by Crippen LogP contribution is 2.39. The first-order valence-corrected chi connectivity index (χ1v) is 13.5. The zero-order chi connectivity index (χ0) is 28.2. The van der Waals surface area contributed by atoms with Crippen LogP contribution in [0.1, 0.15) is 65.7 Å². The minimum absolute atomic E-state index is 0.401. The maximum Gasteiger partial charge on any atom is 0.494 e. The smallest absolute Gasteiger partial charge is 0.399 e. The molecule has 2 fully saturated rings. The van der Waals surface area contributed by atoms with Gasteiger partial charge in [-0.05, 0) is 115 Å². The largest absolute Gasteiger partial charge is 0.494 e. The highest BCUT2D eigenvalue weighted by molar-refractivity contribution is 6.62. The Balaban J connectivity index is 1.46. The lowest BCUT2D eigenvalue weighted by Crippen LogP contribution is -2.41. The second-order valence-corrected chi connectivity index (χ2v) is 12.4. The maximum atomic E-state index is 11.3. The topological polar surface area (TPSA) is 57.2 Å². The predicted molar refractivity (Wildman–Crippen MR) is 158 cm³/mol. The molecule has 0 saturated carbocycles. The Morgan fingerprint density at radius 1 is 0.513 bits per heavy atom. The van der Waals surface area contributed by atoms with Gasteiger partial charge in [0.05, 0.1) is 22.4 Å². The normalized spacial score (nSPS) is 20.7. The van der Waals surface area contributed by atoms with Crippen LogP contribution in [0.15, 0.2) is 72.8 Å². The molecular formula is C31H37B2NO5. The van der Waals surface area contributed by atoms with Crippen molar-refractivity contribution in [1.29, 1.82) is 0 Å². The molecule has 6 nitrogen and oxygen atoms in total. The molecular weight excluding hydrogens is 488 g/mol.